The largest absolute Gasteiger partial charge is 0.399 e. The van der Waals surface area contributed by atoms with Crippen molar-refractivity contribution in [2.24, 2.45) is 0 Å². The Bertz CT molecular complexity index is 703. The smallest absolute Gasteiger partial charge is 0.264 e. The molecule has 0 saturated carbocycles. The lowest BCUT2D eigenvalue weighted by Gasteiger charge is -2.06. The van der Waals surface area contributed by atoms with E-state index in [4.69, 9.17) is 5.73 Å². The number of nitrogens with one attached hydrogen (secondary N) is 2. The summed E-state index contributed by atoms with van der Waals surface area (Å²) in [6.07, 6.45) is 0. The average molecular weight is 266 g/mol. The first-order valence-electron chi connectivity index (χ1n) is 4.91. The quantitative estimate of drug-likeness (QED) is 0.683. The monoisotopic (exact) mass is 266 g/mol. The Kier molecular flexibility index (Phi) is 3.02. The molecular formula is C10H10N4O3S. The van der Waals surface area contributed by atoms with Crippen molar-refractivity contribution >= 4 is 21.5 Å². The molecule has 0 aliphatic rings. The molecule has 1 aromatic carbocycles. The number of hydrogen-bond acceptors (Lipinski definition) is 5. The molecule has 0 atom stereocenters. The predicted molar refractivity (Wildman–Crippen MR) is 66.5 cm³/mol. The van der Waals surface area contributed by atoms with Crippen LogP contribution in [0.5, 0.6) is 0 Å². The molecule has 0 bridgehead atoms. The molecule has 2 rings (SSSR count). The maximum absolute atomic E-state index is 11.9. The molecule has 7 nitrogen and oxygen atoms in total. The number of hydrogen-bond donors (Lipinski definition) is 3. The number of anilines is 2. The predicted octanol–water partition coefficient (Wildman–Crippen LogP) is 0.153. The normalized spacial score (nSPS) is 11.1. The van der Waals surface area contributed by atoms with Crippen molar-refractivity contribution in [1.29, 1.82) is 0 Å². The van der Waals surface area contributed by atoms with Crippen LogP contribution < -0.4 is 16.0 Å². The highest BCUT2D eigenvalue weighted by atomic mass is 32.2. The second kappa shape index (κ2) is 4.49. The molecule has 1 aromatic heterocycles. The second-order valence-corrected chi connectivity index (χ2v) is 5.17. The van der Waals surface area contributed by atoms with Gasteiger partial charge in [0.05, 0.1) is 4.90 Å². The number of benzene rings is 1. The van der Waals surface area contributed by atoms with E-state index < -0.39 is 15.6 Å². The molecule has 0 radical (unpaired) electrons. The van der Waals surface area contributed by atoms with Crippen LogP contribution in [0.25, 0.3) is 0 Å². The maximum Gasteiger partial charge on any atom is 0.264 e. The third-order valence-electron chi connectivity index (χ3n) is 2.09. The lowest BCUT2D eigenvalue weighted by atomic mass is 10.3. The lowest BCUT2D eigenvalue weighted by Crippen LogP contribution is -2.16. The Balaban J connectivity index is 2.33. The standard InChI is InChI=1S/C10H10N4O3S/c11-7-2-1-3-8(6-7)18(16,17)14-9-4-5-10(15)13-12-9/h1-6H,11H2,(H,12,14)(H,13,15). The zero-order chi connectivity index (χ0) is 13.2. The zero-order valence-electron chi connectivity index (χ0n) is 9.12. The molecule has 0 amide bonds. The summed E-state index contributed by atoms with van der Waals surface area (Å²) in [5, 5.41) is 5.68. The van der Waals surface area contributed by atoms with Gasteiger partial charge in [-0.05, 0) is 24.3 Å². The number of H-pyrrole nitrogens is 1. The minimum absolute atomic E-state index is 0.0236. The molecule has 18 heavy (non-hydrogen) atoms. The molecule has 2 aromatic rings. The third kappa shape index (κ3) is 2.66. The van der Waals surface area contributed by atoms with Crippen LogP contribution >= 0.6 is 0 Å². The van der Waals surface area contributed by atoms with E-state index in [0.29, 0.717) is 5.69 Å². The molecule has 0 fully saturated rings. The van der Waals surface area contributed by atoms with Crippen LogP contribution in [0.3, 0.4) is 0 Å². The summed E-state index contributed by atoms with van der Waals surface area (Å²) >= 11 is 0. The lowest BCUT2D eigenvalue weighted by molar-refractivity contribution is 0.601. The van der Waals surface area contributed by atoms with Crippen LogP contribution in [-0.4, -0.2) is 18.6 Å². The summed E-state index contributed by atoms with van der Waals surface area (Å²) in [5.41, 5.74) is 5.44. The summed E-state index contributed by atoms with van der Waals surface area (Å²) < 4.78 is 26.1. The Morgan fingerprint density at radius 3 is 2.61 bits per heavy atom. The van der Waals surface area contributed by atoms with Crippen molar-refractivity contribution in [3.05, 3.63) is 46.8 Å². The number of sulfonamides is 1. The number of aromatic amines is 1. The number of nitrogen functional groups attached to an aromatic ring is 1. The topological polar surface area (TPSA) is 118 Å². The molecule has 1 heterocycles. The summed E-state index contributed by atoms with van der Waals surface area (Å²) in [5.74, 6) is 0.0250. The van der Waals surface area contributed by atoms with Crippen LogP contribution in [0.1, 0.15) is 0 Å². The van der Waals surface area contributed by atoms with Crippen molar-refractivity contribution < 1.29 is 8.42 Å². The van der Waals surface area contributed by atoms with Gasteiger partial charge in [-0.1, -0.05) is 6.07 Å². The van der Waals surface area contributed by atoms with Crippen LogP contribution in [0.15, 0.2) is 46.1 Å². The highest BCUT2D eigenvalue weighted by molar-refractivity contribution is 7.92. The van der Waals surface area contributed by atoms with Gasteiger partial charge in [0.25, 0.3) is 15.6 Å². The van der Waals surface area contributed by atoms with E-state index in [0.717, 1.165) is 0 Å². The van der Waals surface area contributed by atoms with Gasteiger partial charge in [-0.25, -0.2) is 13.5 Å². The summed E-state index contributed by atoms with van der Waals surface area (Å²) in [4.78, 5) is 10.8. The van der Waals surface area contributed by atoms with Crippen LogP contribution in [0, 0.1) is 0 Å². The Hall–Kier alpha value is -2.35. The van der Waals surface area contributed by atoms with Gasteiger partial charge in [-0.3, -0.25) is 9.52 Å². The van der Waals surface area contributed by atoms with Crippen molar-refractivity contribution in [2.45, 2.75) is 4.90 Å². The molecule has 0 spiro atoms. The van der Waals surface area contributed by atoms with Crippen molar-refractivity contribution in [3.63, 3.8) is 0 Å². The van der Waals surface area contributed by atoms with Gasteiger partial charge >= 0.3 is 0 Å². The van der Waals surface area contributed by atoms with Gasteiger partial charge in [-0.15, -0.1) is 0 Å². The fraction of sp³-hybridized carbons (Fsp3) is 0. The molecule has 0 saturated heterocycles. The summed E-state index contributed by atoms with van der Waals surface area (Å²) in [6.45, 7) is 0. The SMILES string of the molecule is Nc1cccc(S(=O)(=O)Nc2ccc(=O)[nH]n2)c1. The Morgan fingerprint density at radius 1 is 1.22 bits per heavy atom. The average Bonchev–Trinajstić information content (AvgIpc) is 2.32. The molecule has 4 N–H and O–H groups in total. The minimum Gasteiger partial charge on any atom is -0.399 e. The van der Waals surface area contributed by atoms with Crippen molar-refractivity contribution in [3.8, 4) is 0 Å². The Labute approximate surface area is 103 Å². The number of nitrogens with zero attached hydrogens (tertiary/aromatic N) is 1. The van der Waals surface area contributed by atoms with E-state index in [1.54, 1.807) is 6.07 Å². The third-order valence-corrected chi connectivity index (χ3v) is 3.44. The van der Waals surface area contributed by atoms with Gasteiger partial charge in [-0.2, -0.15) is 5.10 Å². The maximum atomic E-state index is 11.9. The van der Waals surface area contributed by atoms with E-state index in [-0.39, 0.29) is 10.7 Å². The molecule has 0 aliphatic carbocycles. The Morgan fingerprint density at radius 2 is 2.00 bits per heavy atom. The minimum atomic E-state index is -3.76. The van der Waals surface area contributed by atoms with E-state index in [9.17, 15) is 13.2 Å². The van der Waals surface area contributed by atoms with Crippen LogP contribution in [0.4, 0.5) is 11.5 Å². The number of nitrogens with two attached hydrogens (primary N) is 1. The molecule has 0 unspecified atom stereocenters. The first-order valence-corrected chi connectivity index (χ1v) is 6.40. The number of rotatable bonds is 3. The van der Waals surface area contributed by atoms with Crippen molar-refractivity contribution in [2.75, 3.05) is 10.5 Å². The van der Waals surface area contributed by atoms with Crippen molar-refractivity contribution in [1.82, 2.24) is 10.2 Å². The van der Waals surface area contributed by atoms with Gasteiger partial charge in [0.15, 0.2) is 5.82 Å². The zero-order valence-corrected chi connectivity index (χ0v) is 9.94. The van der Waals surface area contributed by atoms with Crippen LogP contribution in [0.2, 0.25) is 0 Å². The fourth-order valence-electron chi connectivity index (χ4n) is 1.28. The summed E-state index contributed by atoms with van der Waals surface area (Å²) in [7, 11) is -3.76. The first kappa shape index (κ1) is 12.1. The molecule has 8 heteroatoms. The molecular weight excluding hydrogens is 256 g/mol. The van der Waals surface area contributed by atoms with Gasteiger partial charge < -0.3 is 5.73 Å². The van der Waals surface area contributed by atoms with E-state index >= 15 is 0 Å². The highest BCUT2D eigenvalue weighted by Gasteiger charge is 2.14. The van der Waals surface area contributed by atoms with Gasteiger partial charge in [0.2, 0.25) is 0 Å². The van der Waals surface area contributed by atoms with E-state index in [1.165, 1.54) is 30.3 Å². The highest BCUT2D eigenvalue weighted by Crippen LogP contribution is 2.15. The molecule has 94 valence electrons. The first-order chi connectivity index (χ1) is 8.47. The van der Waals surface area contributed by atoms with Crippen LogP contribution in [-0.2, 0) is 10.0 Å². The van der Waals surface area contributed by atoms with E-state index in [1.807, 2.05) is 0 Å². The molecule has 0 aliphatic heterocycles. The van der Waals surface area contributed by atoms with Gasteiger partial charge in [0, 0.05) is 11.8 Å². The van der Waals surface area contributed by atoms with Gasteiger partial charge in [0.1, 0.15) is 0 Å². The fourth-order valence-corrected chi connectivity index (χ4v) is 2.34. The van der Waals surface area contributed by atoms with E-state index in [2.05, 4.69) is 14.9 Å². The number of aromatic nitrogens is 2. The summed E-state index contributed by atoms with van der Waals surface area (Å²) in [6, 6.07) is 8.28. The second-order valence-electron chi connectivity index (χ2n) is 3.48.